The van der Waals surface area contributed by atoms with Crippen LogP contribution in [0.5, 0.6) is 0 Å². The van der Waals surface area contributed by atoms with Crippen LogP contribution >= 0.6 is 7.14 Å². The van der Waals surface area contributed by atoms with E-state index in [0.29, 0.717) is 0 Å². The molecular weight excluding hydrogens is 539 g/mol. The van der Waals surface area contributed by atoms with E-state index in [2.05, 4.69) is 105 Å². The van der Waals surface area contributed by atoms with Crippen LogP contribution in [0.1, 0.15) is 25.0 Å². The molecular formula is C41H31OP. The van der Waals surface area contributed by atoms with E-state index >= 15 is 4.57 Å². The standard InChI is InChI=1S/C41H31OP/c1-41(2)36-24-14-23-35-39(36)38(34-26-25-29(27-37(34)41)28-15-6-3-7-16-28)32-21-12-13-22-33(32)40(35)43(42,30-17-8-4-9-18-30)31-19-10-5-11-20-31/h3-27H,1-2H3. The first-order valence-electron chi connectivity index (χ1n) is 14.9. The molecule has 0 radical (unpaired) electrons. The second kappa shape index (κ2) is 9.66. The van der Waals surface area contributed by atoms with Gasteiger partial charge in [-0.05, 0) is 61.0 Å². The van der Waals surface area contributed by atoms with Gasteiger partial charge in [-0.2, -0.15) is 0 Å². The molecule has 43 heavy (non-hydrogen) atoms. The first-order chi connectivity index (χ1) is 21.0. The molecule has 0 N–H and O–H groups in total. The molecule has 0 aliphatic heterocycles. The minimum Gasteiger partial charge on any atom is -0.309 e. The maximum absolute atomic E-state index is 16.0. The van der Waals surface area contributed by atoms with Crippen LogP contribution in [-0.4, -0.2) is 0 Å². The van der Waals surface area contributed by atoms with E-state index < -0.39 is 7.14 Å². The van der Waals surface area contributed by atoms with Gasteiger partial charge in [-0.15, -0.1) is 0 Å². The molecule has 0 bridgehead atoms. The van der Waals surface area contributed by atoms with Crippen molar-refractivity contribution in [1.82, 2.24) is 0 Å². The van der Waals surface area contributed by atoms with Gasteiger partial charge in [0.15, 0.2) is 7.14 Å². The molecule has 7 aromatic carbocycles. The lowest BCUT2D eigenvalue weighted by atomic mass is 9.67. The van der Waals surface area contributed by atoms with Gasteiger partial charge < -0.3 is 4.57 Å². The normalized spacial score (nSPS) is 13.6. The van der Waals surface area contributed by atoms with Crippen molar-refractivity contribution in [3.05, 3.63) is 163 Å². The summed E-state index contributed by atoms with van der Waals surface area (Å²) in [5, 5.41) is 7.14. The zero-order valence-electron chi connectivity index (χ0n) is 24.3. The highest BCUT2D eigenvalue weighted by molar-refractivity contribution is 7.86. The van der Waals surface area contributed by atoms with Crippen molar-refractivity contribution < 1.29 is 4.57 Å². The lowest BCUT2D eigenvalue weighted by Crippen LogP contribution is -2.29. The Labute approximate surface area is 252 Å². The van der Waals surface area contributed by atoms with Gasteiger partial charge in [-0.1, -0.05) is 159 Å². The molecule has 0 heterocycles. The molecule has 2 heteroatoms. The van der Waals surface area contributed by atoms with Gasteiger partial charge >= 0.3 is 0 Å². The second-order valence-corrected chi connectivity index (χ2v) is 14.7. The summed E-state index contributed by atoms with van der Waals surface area (Å²) in [4.78, 5) is 0. The topological polar surface area (TPSA) is 17.1 Å². The quantitative estimate of drug-likeness (QED) is 0.152. The summed E-state index contributed by atoms with van der Waals surface area (Å²) in [6.07, 6.45) is 0. The fraction of sp³-hybridized carbons (Fsp3) is 0.0732. The molecule has 0 fully saturated rings. The van der Waals surface area contributed by atoms with E-state index in [-0.39, 0.29) is 5.41 Å². The zero-order chi connectivity index (χ0) is 29.2. The zero-order valence-corrected chi connectivity index (χ0v) is 25.2. The molecule has 0 unspecified atom stereocenters. The molecule has 8 rings (SSSR count). The molecule has 0 saturated heterocycles. The Bertz CT molecular complexity index is 2170. The van der Waals surface area contributed by atoms with Crippen molar-refractivity contribution in [2.45, 2.75) is 19.3 Å². The maximum atomic E-state index is 16.0. The van der Waals surface area contributed by atoms with Crippen molar-refractivity contribution in [3.8, 4) is 22.3 Å². The average molecular weight is 571 g/mol. The molecule has 0 saturated carbocycles. The third-order valence-electron chi connectivity index (χ3n) is 9.32. The predicted octanol–water partition coefficient (Wildman–Crippen LogP) is 9.61. The summed E-state index contributed by atoms with van der Waals surface area (Å²) in [6.45, 7) is 4.67. The van der Waals surface area contributed by atoms with Crippen LogP contribution in [0.15, 0.2) is 152 Å². The maximum Gasteiger partial charge on any atom is 0.172 e. The van der Waals surface area contributed by atoms with Crippen LogP contribution in [0.2, 0.25) is 0 Å². The minimum absolute atomic E-state index is 0.254. The highest BCUT2D eigenvalue weighted by atomic mass is 31.2. The Kier molecular flexibility index (Phi) is 5.83. The van der Waals surface area contributed by atoms with Gasteiger partial charge in [0.05, 0.1) is 0 Å². The fourth-order valence-corrected chi connectivity index (χ4v) is 10.3. The predicted molar refractivity (Wildman–Crippen MR) is 184 cm³/mol. The number of hydrogen-bond acceptors (Lipinski definition) is 1. The number of rotatable bonds is 4. The third kappa shape index (κ3) is 3.75. The summed E-state index contributed by atoms with van der Waals surface area (Å²) < 4.78 is 16.0. The minimum atomic E-state index is -3.27. The van der Waals surface area contributed by atoms with Crippen molar-refractivity contribution in [1.29, 1.82) is 0 Å². The van der Waals surface area contributed by atoms with Gasteiger partial charge in [0.1, 0.15) is 0 Å². The summed E-state index contributed by atoms with van der Waals surface area (Å²) >= 11 is 0. The summed E-state index contributed by atoms with van der Waals surface area (Å²) in [5.41, 5.74) is 7.28. The van der Waals surface area contributed by atoms with E-state index in [4.69, 9.17) is 0 Å². The smallest absolute Gasteiger partial charge is 0.172 e. The Balaban J connectivity index is 1.54. The van der Waals surface area contributed by atoms with Crippen molar-refractivity contribution >= 4 is 44.6 Å². The van der Waals surface area contributed by atoms with Gasteiger partial charge in [0.2, 0.25) is 0 Å². The molecule has 0 amide bonds. The van der Waals surface area contributed by atoms with E-state index in [0.717, 1.165) is 32.1 Å². The monoisotopic (exact) mass is 570 g/mol. The van der Waals surface area contributed by atoms with Crippen LogP contribution in [0.4, 0.5) is 0 Å². The van der Waals surface area contributed by atoms with Gasteiger partial charge in [0, 0.05) is 21.3 Å². The molecule has 1 aliphatic carbocycles. The summed E-state index contributed by atoms with van der Waals surface area (Å²) in [6, 6.07) is 52.9. The van der Waals surface area contributed by atoms with E-state index in [1.54, 1.807) is 0 Å². The van der Waals surface area contributed by atoms with Crippen molar-refractivity contribution in [3.63, 3.8) is 0 Å². The number of hydrogen-bond donors (Lipinski definition) is 0. The molecule has 206 valence electrons. The number of benzene rings is 7. The molecule has 0 aromatic heterocycles. The van der Waals surface area contributed by atoms with E-state index in [1.165, 1.54) is 38.8 Å². The fourth-order valence-electron chi connectivity index (χ4n) is 7.26. The van der Waals surface area contributed by atoms with Gasteiger partial charge in [-0.25, -0.2) is 0 Å². The molecule has 1 aliphatic rings. The SMILES string of the molecule is CC1(C)c2cc(-c3ccccc3)ccc2-c2c3ccccc3c(P(=O)(c3ccccc3)c3ccccc3)c3cccc1c23. The van der Waals surface area contributed by atoms with Gasteiger partial charge in [-0.3, -0.25) is 0 Å². The number of fused-ring (bicyclic) bond motifs is 4. The molecule has 0 atom stereocenters. The Morgan fingerprint density at radius 1 is 0.488 bits per heavy atom. The summed E-state index contributed by atoms with van der Waals surface area (Å²) in [7, 11) is -3.27. The van der Waals surface area contributed by atoms with Crippen molar-refractivity contribution in [2.24, 2.45) is 0 Å². The van der Waals surface area contributed by atoms with Crippen LogP contribution in [0.3, 0.4) is 0 Å². The summed E-state index contributed by atoms with van der Waals surface area (Å²) in [5.74, 6) is 0. The third-order valence-corrected chi connectivity index (χ3v) is 12.5. The van der Waals surface area contributed by atoms with Crippen LogP contribution in [-0.2, 0) is 9.98 Å². The van der Waals surface area contributed by atoms with Gasteiger partial charge in [0.25, 0.3) is 0 Å². The Hall–Kier alpha value is -4.71. The lowest BCUT2D eigenvalue weighted by molar-refractivity contribution is 0.592. The van der Waals surface area contributed by atoms with E-state index in [9.17, 15) is 0 Å². The Morgan fingerprint density at radius 2 is 1.05 bits per heavy atom. The second-order valence-electron chi connectivity index (χ2n) is 12.0. The van der Waals surface area contributed by atoms with Crippen LogP contribution in [0.25, 0.3) is 43.8 Å². The first-order valence-corrected chi connectivity index (χ1v) is 16.6. The Morgan fingerprint density at radius 3 is 1.70 bits per heavy atom. The lowest BCUT2D eigenvalue weighted by Gasteiger charge is -2.37. The molecule has 0 spiro atoms. The molecule has 1 nitrogen and oxygen atoms in total. The van der Waals surface area contributed by atoms with E-state index in [1.807, 2.05) is 60.7 Å². The highest BCUT2D eigenvalue weighted by Gasteiger charge is 2.39. The molecule has 7 aromatic rings. The van der Waals surface area contributed by atoms with Crippen LogP contribution < -0.4 is 15.9 Å². The average Bonchev–Trinajstić information content (AvgIpc) is 3.07. The van der Waals surface area contributed by atoms with Crippen molar-refractivity contribution in [2.75, 3.05) is 0 Å². The van der Waals surface area contributed by atoms with Crippen LogP contribution in [0, 0.1) is 0 Å². The first kappa shape index (κ1) is 26.0. The highest BCUT2D eigenvalue weighted by Crippen LogP contribution is 2.55. The largest absolute Gasteiger partial charge is 0.309 e.